The van der Waals surface area contributed by atoms with Gasteiger partial charge in [-0.2, -0.15) is 0 Å². The van der Waals surface area contributed by atoms with Crippen LogP contribution < -0.4 is 4.84 Å². The fraction of sp³-hybridized carbons (Fsp3) is 0.571. The Hall–Kier alpha value is -0.990. The van der Waals surface area contributed by atoms with Gasteiger partial charge in [0.05, 0.1) is 11.9 Å². The lowest BCUT2D eigenvalue weighted by Gasteiger charge is -2.09. The summed E-state index contributed by atoms with van der Waals surface area (Å²) in [5.74, 6) is 0. The van der Waals surface area contributed by atoms with Crippen molar-refractivity contribution in [1.29, 1.82) is 0 Å². The fourth-order valence-electron chi connectivity index (χ4n) is 0.667. The zero-order chi connectivity index (χ0) is 7.56. The molecule has 0 aliphatic rings. The molecule has 56 valence electrons. The van der Waals surface area contributed by atoms with E-state index in [9.17, 15) is 0 Å². The number of aromatic nitrogens is 2. The van der Waals surface area contributed by atoms with E-state index in [0.717, 1.165) is 5.69 Å². The summed E-state index contributed by atoms with van der Waals surface area (Å²) in [6.07, 6.45) is 1.90. The molecule has 3 nitrogen and oxygen atoms in total. The van der Waals surface area contributed by atoms with E-state index in [-0.39, 0.29) is 6.10 Å². The second kappa shape index (κ2) is 2.73. The molecule has 1 aromatic heterocycles. The summed E-state index contributed by atoms with van der Waals surface area (Å²) in [6.45, 7) is 5.90. The summed E-state index contributed by atoms with van der Waals surface area (Å²) in [5, 5.41) is 3.95. The quantitative estimate of drug-likeness (QED) is 0.613. The average Bonchev–Trinajstić information content (AvgIpc) is 2.15. The van der Waals surface area contributed by atoms with E-state index in [4.69, 9.17) is 4.84 Å². The zero-order valence-electron chi connectivity index (χ0n) is 6.53. The Bertz CT molecular complexity index is 205. The van der Waals surface area contributed by atoms with Crippen molar-refractivity contribution in [3.63, 3.8) is 0 Å². The summed E-state index contributed by atoms with van der Waals surface area (Å²) in [4.78, 5) is 6.82. The maximum atomic E-state index is 5.29. The molecule has 10 heavy (non-hydrogen) atoms. The van der Waals surface area contributed by atoms with Crippen LogP contribution in [0.1, 0.15) is 19.5 Å². The van der Waals surface area contributed by atoms with Crippen LogP contribution in [0.5, 0.6) is 0 Å². The van der Waals surface area contributed by atoms with Crippen LogP contribution in [0.25, 0.3) is 0 Å². The van der Waals surface area contributed by atoms with Crippen LogP contribution in [0.3, 0.4) is 0 Å². The van der Waals surface area contributed by atoms with Gasteiger partial charge >= 0.3 is 0 Å². The standard InChI is InChI=1S/C7H12N2O/c1-6(2)10-9-7(3)4-5-8-9/h4-6H,1-3H3. The van der Waals surface area contributed by atoms with Crippen molar-refractivity contribution in [3.05, 3.63) is 18.0 Å². The maximum absolute atomic E-state index is 5.29. The van der Waals surface area contributed by atoms with Crippen molar-refractivity contribution in [2.75, 3.05) is 0 Å². The van der Waals surface area contributed by atoms with Gasteiger partial charge in [0.2, 0.25) is 0 Å². The van der Waals surface area contributed by atoms with Crippen molar-refractivity contribution in [3.8, 4) is 0 Å². The molecule has 0 saturated heterocycles. The molecule has 0 spiro atoms. The predicted molar refractivity (Wildman–Crippen MR) is 38.7 cm³/mol. The molecule has 0 aliphatic carbocycles. The van der Waals surface area contributed by atoms with Crippen molar-refractivity contribution < 1.29 is 4.84 Å². The molecular weight excluding hydrogens is 128 g/mol. The minimum atomic E-state index is 0.179. The fourth-order valence-corrected chi connectivity index (χ4v) is 0.667. The number of hydrogen-bond acceptors (Lipinski definition) is 2. The van der Waals surface area contributed by atoms with Gasteiger partial charge < -0.3 is 4.84 Å². The van der Waals surface area contributed by atoms with Gasteiger partial charge in [-0.1, -0.05) is 0 Å². The smallest absolute Gasteiger partial charge is 0.121 e. The first kappa shape index (κ1) is 7.12. The van der Waals surface area contributed by atoms with Crippen LogP contribution in [-0.4, -0.2) is 16.0 Å². The van der Waals surface area contributed by atoms with E-state index in [2.05, 4.69) is 5.10 Å². The number of nitrogens with zero attached hydrogens (tertiary/aromatic N) is 2. The summed E-state index contributed by atoms with van der Waals surface area (Å²) in [7, 11) is 0. The lowest BCUT2D eigenvalue weighted by Crippen LogP contribution is -2.20. The molecule has 0 fully saturated rings. The monoisotopic (exact) mass is 140 g/mol. The van der Waals surface area contributed by atoms with E-state index >= 15 is 0 Å². The summed E-state index contributed by atoms with van der Waals surface area (Å²) in [5.41, 5.74) is 1.02. The molecule has 0 radical (unpaired) electrons. The van der Waals surface area contributed by atoms with E-state index in [1.54, 1.807) is 6.20 Å². The molecule has 0 atom stereocenters. The first-order valence-corrected chi connectivity index (χ1v) is 3.38. The van der Waals surface area contributed by atoms with E-state index in [1.165, 1.54) is 4.85 Å². The van der Waals surface area contributed by atoms with Crippen molar-refractivity contribution >= 4 is 0 Å². The van der Waals surface area contributed by atoms with Gasteiger partial charge in [0.1, 0.15) is 6.10 Å². The van der Waals surface area contributed by atoms with Crippen LogP contribution in [0, 0.1) is 6.92 Å². The molecule has 0 N–H and O–H groups in total. The SMILES string of the molecule is Cc1ccnn1OC(C)C. The first-order chi connectivity index (χ1) is 4.70. The summed E-state index contributed by atoms with van der Waals surface area (Å²) < 4.78 is 0. The largest absolute Gasteiger partial charge is 0.394 e. The van der Waals surface area contributed by atoms with Gasteiger partial charge in [0.15, 0.2) is 0 Å². The molecule has 0 unspecified atom stereocenters. The molecule has 1 aromatic rings. The van der Waals surface area contributed by atoms with Gasteiger partial charge in [-0.05, 0) is 26.8 Å². The van der Waals surface area contributed by atoms with E-state index in [1.807, 2.05) is 26.8 Å². The van der Waals surface area contributed by atoms with Gasteiger partial charge in [-0.3, -0.25) is 0 Å². The van der Waals surface area contributed by atoms with Crippen LogP contribution in [-0.2, 0) is 0 Å². The highest BCUT2D eigenvalue weighted by atomic mass is 16.7. The highest BCUT2D eigenvalue weighted by Gasteiger charge is 1.98. The Labute approximate surface area is 60.6 Å². The van der Waals surface area contributed by atoms with E-state index in [0.29, 0.717) is 0 Å². The Morgan fingerprint density at radius 3 is 2.70 bits per heavy atom. The third kappa shape index (κ3) is 1.50. The normalized spacial score (nSPS) is 10.4. The van der Waals surface area contributed by atoms with Crippen LogP contribution >= 0.6 is 0 Å². The molecule has 1 rings (SSSR count). The number of rotatable bonds is 2. The highest BCUT2D eigenvalue weighted by Crippen LogP contribution is 1.93. The Balaban J connectivity index is 2.65. The first-order valence-electron chi connectivity index (χ1n) is 3.38. The highest BCUT2D eigenvalue weighted by molar-refractivity contribution is 4.94. The maximum Gasteiger partial charge on any atom is 0.121 e. The van der Waals surface area contributed by atoms with Crippen LogP contribution in [0.15, 0.2) is 12.3 Å². The predicted octanol–water partition coefficient (Wildman–Crippen LogP) is 1.03. The summed E-state index contributed by atoms with van der Waals surface area (Å²) in [6, 6.07) is 1.91. The third-order valence-corrected chi connectivity index (χ3v) is 1.10. The molecule has 0 amide bonds. The summed E-state index contributed by atoms with van der Waals surface area (Å²) >= 11 is 0. The molecule has 0 bridgehead atoms. The number of aryl methyl sites for hydroxylation is 1. The number of hydrogen-bond donors (Lipinski definition) is 0. The van der Waals surface area contributed by atoms with Gasteiger partial charge in [-0.25, -0.2) is 0 Å². The Kier molecular flexibility index (Phi) is 1.94. The third-order valence-electron chi connectivity index (χ3n) is 1.10. The van der Waals surface area contributed by atoms with Crippen molar-refractivity contribution in [2.24, 2.45) is 0 Å². The molecular formula is C7H12N2O. The molecule has 0 saturated carbocycles. The van der Waals surface area contributed by atoms with Gasteiger partial charge in [-0.15, -0.1) is 9.94 Å². The minimum absolute atomic E-state index is 0.179. The molecule has 1 heterocycles. The topological polar surface area (TPSA) is 27.1 Å². The minimum Gasteiger partial charge on any atom is -0.394 e. The molecule has 0 aromatic carbocycles. The Morgan fingerprint density at radius 1 is 1.60 bits per heavy atom. The second-order valence-corrected chi connectivity index (χ2v) is 2.50. The molecule has 0 aliphatic heterocycles. The van der Waals surface area contributed by atoms with Crippen LogP contribution in [0.4, 0.5) is 0 Å². The lowest BCUT2D eigenvalue weighted by atomic mass is 10.5. The lowest BCUT2D eigenvalue weighted by molar-refractivity contribution is 0.0323. The van der Waals surface area contributed by atoms with Crippen LogP contribution in [0.2, 0.25) is 0 Å². The average molecular weight is 140 g/mol. The van der Waals surface area contributed by atoms with Crippen molar-refractivity contribution in [2.45, 2.75) is 26.9 Å². The Morgan fingerprint density at radius 2 is 2.30 bits per heavy atom. The molecule has 3 heteroatoms. The van der Waals surface area contributed by atoms with Gasteiger partial charge in [0, 0.05) is 0 Å². The van der Waals surface area contributed by atoms with Gasteiger partial charge in [0.25, 0.3) is 0 Å². The van der Waals surface area contributed by atoms with Crippen molar-refractivity contribution in [1.82, 2.24) is 9.94 Å². The zero-order valence-corrected chi connectivity index (χ0v) is 6.53. The second-order valence-electron chi connectivity index (χ2n) is 2.50. The van der Waals surface area contributed by atoms with E-state index < -0.39 is 0 Å².